The molecule has 7 heteroatoms. The van der Waals surface area contributed by atoms with E-state index in [4.69, 9.17) is 4.74 Å². The van der Waals surface area contributed by atoms with Gasteiger partial charge in [0, 0.05) is 0 Å². The van der Waals surface area contributed by atoms with Gasteiger partial charge in [-0.05, 0) is 60.9 Å². The van der Waals surface area contributed by atoms with Crippen molar-refractivity contribution in [3.05, 3.63) is 64.9 Å². The minimum atomic E-state index is -2.49. The third-order valence-electron chi connectivity index (χ3n) is 4.05. The van der Waals surface area contributed by atoms with Crippen LogP contribution in [0.3, 0.4) is 0 Å². The molecule has 0 unspecified atom stereocenters. The molecule has 0 fully saturated rings. The third-order valence-corrected chi connectivity index (χ3v) is 5.00. The number of aryl methyl sites for hydroxylation is 2. The first kappa shape index (κ1) is 20.1. The van der Waals surface area contributed by atoms with Gasteiger partial charge in [-0.2, -0.15) is 0 Å². The fourth-order valence-corrected chi connectivity index (χ4v) is 3.65. The van der Waals surface area contributed by atoms with Crippen molar-refractivity contribution in [3.63, 3.8) is 0 Å². The Morgan fingerprint density at radius 1 is 1.14 bits per heavy atom. The van der Waals surface area contributed by atoms with Crippen LogP contribution < -0.4 is 9.64 Å². The maximum atomic E-state index is 13.0. The number of alkyl halides is 2. The Hall–Kier alpha value is -2.67. The summed E-state index contributed by atoms with van der Waals surface area (Å²) in [6, 6.07) is 12.9. The largest absolute Gasteiger partial charge is 0.497 e. The SMILES string of the molecule is COc1ccc(/C=C2\N=C(SCC(F)F)N(c3cc(C)cc(C)c3)C2=O)cc1. The molecule has 0 aliphatic carbocycles. The Balaban J connectivity index is 1.98. The Morgan fingerprint density at radius 2 is 1.79 bits per heavy atom. The summed E-state index contributed by atoms with van der Waals surface area (Å²) in [5.41, 5.74) is 3.57. The summed E-state index contributed by atoms with van der Waals surface area (Å²) >= 11 is 0.875. The molecule has 0 saturated heterocycles. The highest BCUT2D eigenvalue weighted by Crippen LogP contribution is 2.31. The van der Waals surface area contributed by atoms with E-state index < -0.39 is 12.2 Å². The van der Waals surface area contributed by atoms with Gasteiger partial charge in [-0.3, -0.25) is 9.69 Å². The molecule has 0 N–H and O–H groups in total. The van der Waals surface area contributed by atoms with Crippen LogP contribution in [-0.4, -0.2) is 30.4 Å². The van der Waals surface area contributed by atoms with E-state index in [0.717, 1.165) is 28.5 Å². The Bertz CT molecular complexity index is 920. The lowest BCUT2D eigenvalue weighted by atomic mass is 10.1. The second-order valence-corrected chi connectivity index (χ2v) is 7.37. The predicted molar refractivity (Wildman–Crippen MR) is 110 cm³/mol. The first-order valence-electron chi connectivity index (χ1n) is 8.65. The van der Waals surface area contributed by atoms with E-state index in [1.54, 1.807) is 37.5 Å². The van der Waals surface area contributed by atoms with Gasteiger partial charge in [0.25, 0.3) is 5.91 Å². The number of amides is 1. The van der Waals surface area contributed by atoms with Crippen LogP contribution in [0.25, 0.3) is 6.08 Å². The molecule has 0 radical (unpaired) electrons. The minimum Gasteiger partial charge on any atom is -0.497 e. The number of carbonyl (C=O) groups is 1. The van der Waals surface area contributed by atoms with E-state index in [1.807, 2.05) is 32.0 Å². The summed E-state index contributed by atoms with van der Waals surface area (Å²) in [6.45, 7) is 3.85. The Morgan fingerprint density at radius 3 is 2.36 bits per heavy atom. The van der Waals surface area contributed by atoms with Gasteiger partial charge in [0.2, 0.25) is 6.43 Å². The highest BCUT2D eigenvalue weighted by atomic mass is 32.2. The smallest absolute Gasteiger partial charge is 0.283 e. The first-order valence-corrected chi connectivity index (χ1v) is 9.64. The Kier molecular flexibility index (Phi) is 6.14. The number of hydrogen-bond acceptors (Lipinski definition) is 4. The van der Waals surface area contributed by atoms with Gasteiger partial charge >= 0.3 is 0 Å². The van der Waals surface area contributed by atoms with Gasteiger partial charge in [-0.15, -0.1) is 0 Å². The number of amidine groups is 1. The van der Waals surface area contributed by atoms with E-state index in [0.29, 0.717) is 11.4 Å². The van der Waals surface area contributed by atoms with Crippen LogP contribution in [-0.2, 0) is 4.79 Å². The van der Waals surface area contributed by atoms with Crippen molar-refractivity contribution >= 4 is 34.6 Å². The fraction of sp³-hybridized carbons (Fsp3) is 0.238. The maximum Gasteiger partial charge on any atom is 0.283 e. The molecule has 2 aromatic rings. The average Bonchev–Trinajstić information content (AvgIpc) is 2.95. The number of carbonyl (C=O) groups excluding carboxylic acids is 1. The summed E-state index contributed by atoms with van der Waals surface area (Å²) < 4.78 is 30.6. The van der Waals surface area contributed by atoms with Gasteiger partial charge in [-0.1, -0.05) is 30.0 Å². The zero-order valence-corrected chi connectivity index (χ0v) is 16.6. The summed E-state index contributed by atoms with van der Waals surface area (Å²) in [6.07, 6.45) is -0.841. The van der Waals surface area contributed by atoms with Crippen LogP contribution >= 0.6 is 11.8 Å². The topological polar surface area (TPSA) is 41.9 Å². The number of nitrogens with zero attached hydrogens (tertiary/aromatic N) is 2. The molecule has 1 aliphatic rings. The van der Waals surface area contributed by atoms with E-state index >= 15 is 0 Å². The lowest BCUT2D eigenvalue weighted by molar-refractivity contribution is -0.113. The van der Waals surface area contributed by atoms with Crippen LogP contribution in [0.4, 0.5) is 14.5 Å². The third kappa shape index (κ3) is 4.59. The quantitative estimate of drug-likeness (QED) is 0.657. The summed E-state index contributed by atoms with van der Waals surface area (Å²) in [5.74, 6) is -0.0607. The van der Waals surface area contributed by atoms with E-state index in [9.17, 15) is 13.6 Å². The highest BCUT2D eigenvalue weighted by molar-refractivity contribution is 8.14. The second-order valence-electron chi connectivity index (χ2n) is 6.39. The normalized spacial score (nSPS) is 15.5. The lowest BCUT2D eigenvalue weighted by Crippen LogP contribution is -2.30. The molecule has 2 aromatic carbocycles. The zero-order valence-electron chi connectivity index (χ0n) is 15.8. The maximum absolute atomic E-state index is 13.0. The van der Waals surface area contributed by atoms with Crippen molar-refractivity contribution in [3.8, 4) is 5.75 Å². The molecule has 4 nitrogen and oxygen atoms in total. The summed E-state index contributed by atoms with van der Waals surface area (Å²) in [5, 5.41) is 0.259. The van der Waals surface area contributed by atoms with Gasteiger partial charge in [0.15, 0.2) is 5.17 Å². The van der Waals surface area contributed by atoms with Crippen LogP contribution in [0.15, 0.2) is 53.2 Å². The number of rotatable bonds is 5. The molecule has 0 aromatic heterocycles. The van der Waals surface area contributed by atoms with Crippen molar-refractivity contribution in [2.75, 3.05) is 17.8 Å². The number of halogens is 2. The first-order chi connectivity index (χ1) is 13.4. The molecule has 1 aliphatic heterocycles. The summed E-state index contributed by atoms with van der Waals surface area (Å²) in [7, 11) is 1.58. The van der Waals surface area contributed by atoms with Crippen LogP contribution in [0.2, 0.25) is 0 Å². The fourth-order valence-electron chi connectivity index (χ4n) is 2.90. The molecule has 0 spiro atoms. The van der Waals surface area contributed by atoms with Crippen molar-refractivity contribution in [2.45, 2.75) is 20.3 Å². The number of thioether (sulfide) groups is 1. The molecule has 146 valence electrons. The van der Waals surface area contributed by atoms with E-state index in [2.05, 4.69) is 4.99 Å². The molecule has 0 atom stereocenters. The summed E-state index contributed by atoms with van der Waals surface area (Å²) in [4.78, 5) is 18.8. The molecular formula is C21H20F2N2O2S. The molecule has 0 saturated carbocycles. The van der Waals surface area contributed by atoms with Crippen molar-refractivity contribution in [1.29, 1.82) is 0 Å². The van der Waals surface area contributed by atoms with Gasteiger partial charge in [0.1, 0.15) is 11.4 Å². The highest BCUT2D eigenvalue weighted by Gasteiger charge is 2.32. The molecule has 1 amide bonds. The van der Waals surface area contributed by atoms with Crippen molar-refractivity contribution < 1.29 is 18.3 Å². The van der Waals surface area contributed by atoms with E-state index in [1.165, 1.54) is 4.90 Å². The lowest BCUT2D eigenvalue weighted by Gasteiger charge is -2.19. The predicted octanol–water partition coefficient (Wildman–Crippen LogP) is 5.05. The van der Waals surface area contributed by atoms with Gasteiger partial charge < -0.3 is 4.74 Å². The molecule has 3 rings (SSSR count). The number of aliphatic imine (C=N–C) groups is 1. The monoisotopic (exact) mass is 402 g/mol. The molecule has 0 bridgehead atoms. The Labute approximate surface area is 166 Å². The van der Waals surface area contributed by atoms with Crippen LogP contribution in [0.1, 0.15) is 16.7 Å². The van der Waals surface area contributed by atoms with Crippen LogP contribution in [0.5, 0.6) is 5.75 Å². The van der Waals surface area contributed by atoms with Crippen molar-refractivity contribution in [1.82, 2.24) is 0 Å². The van der Waals surface area contributed by atoms with Gasteiger partial charge in [-0.25, -0.2) is 13.8 Å². The minimum absolute atomic E-state index is 0.209. The number of ether oxygens (including phenoxy) is 1. The number of benzene rings is 2. The molecular weight excluding hydrogens is 382 g/mol. The second kappa shape index (κ2) is 8.56. The number of methoxy groups -OCH3 is 1. The zero-order chi connectivity index (χ0) is 20.3. The molecule has 1 heterocycles. The van der Waals surface area contributed by atoms with Gasteiger partial charge in [0.05, 0.1) is 18.6 Å². The van der Waals surface area contributed by atoms with E-state index in [-0.39, 0.29) is 16.8 Å². The van der Waals surface area contributed by atoms with Crippen molar-refractivity contribution in [2.24, 2.45) is 4.99 Å². The molecule has 28 heavy (non-hydrogen) atoms. The average molecular weight is 402 g/mol. The standard InChI is InChI=1S/C21H20F2N2O2S/c1-13-8-14(2)10-16(9-13)25-20(26)18(24-21(25)28-12-19(22)23)11-15-4-6-17(27-3)7-5-15/h4-11,19H,12H2,1-3H3/b18-11-. The number of anilines is 1. The van der Waals surface area contributed by atoms with Crippen LogP contribution in [0, 0.1) is 13.8 Å². The number of hydrogen-bond donors (Lipinski definition) is 0.